The zero-order chi connectivity index (χ0) is 13.1. The van der Waals surface area contributed by atoms with Gasteiger partial charge >= 0.3 is 0 Å². The van der Waals surface area contributed by atoms with Gasteiger partial charge in [-0.2, -0.15) is 0 Å². The molecule has 0 aliphatic heterocycles. The van der Waals surface area contributed by atoms with Crippen molar-refractivity contribution in [2.75, 3.05) is 10.1 Å². The summed E-state index contributed by atoms with van der Waals surface area (Å²) in [6, 6.07) is 7.04. The fourth-order valence-electron chi connectivity index (χ4n) is 1.09. The number of benzene rings is 1. The van der Waals surface area contributed by atoms with Crippen molar-refractivity contribution in [3.8, 4) is 0 Å². The van der Waals surface area contributed by atoms with Crippen LogP contribution >= 0.6 is 15.9 Å². The van der Waals surface area contributed by atoms with Gasteiger partial charge in [0, 0.05) is 11.3 Å². The minimum atomic E-state index is -1.18. The van der Waals surface area contributed by atoms with Crippen LogP contribution in [-0.2, 0) is 11.0 Å². The molecule has 1 N–H and O–H groups in total. The Morgan fingerprint density at radius 2 is 2.06 bits per heavy atom. The van der Waals surface area contributed by atoms with Crippen molar-refractivity contribution < 1.29 is 9.00 Å². The van der Waals surface area contributed by atoms with Crippen molar-refractivity contribution in [3.05, 3.63) is 29.8 Å². The fraction of sp³-hybridized carbons (Fsp3) is 0.417. The summed E-state index contributed by atoms with van der Waals surface area (Å²) < 4.78 is 14.5. The van der Waals surface area contributed by atoms with E-state index in [1.807, 2.05) is 20.8 Å². The Labute approximate surface area is 113 Å². The van der Waals surface area contributed by atoms with E-state index < -0.39 is 11.0 Å². The maximum Gasteiger partial charge on any atom is 0.173 e. The second-order valence-corrected chi connectivity index (χ2v) is 7.15. The Hall–Kier alpha value is -0.680. The zero-order valence-electron chi connectivity index (χ0n) is 10.1. The van der Waals surface area contributed by atoms with Crippen molar-refractivity contribution >= 4 is 38.4 Å². The molecule has 0 aromatic heterocycles. The number of halogens is 1. The van der Waals surface area contributed by atoms with E-state index >= 15 is 0 Å². The highest BCUT2D eigenvalue weighted by atomic mass is 79.9. The second-order valence-electron chi connectivity index (χ2n) is 4.62. The standard InChI is InChI=1S/C12H16BrNO2S/c1-12(2,3)17(16)14-10-6-4-5-9(7-10)11(15)8-13/h4-7,14H,8H2,1-3H3. The zero-order valence-corrected chi connectivity index (χ0v) is 12.5. The summed E-state index contributed by atoms with van der Waals surface area (Å²) in [6.45, 7) is 5.68. The fourth-order valence-corrected chi connectivity index (χ4v) is 2.06. The number of carbonyl (C=O) groups excluding carboxylic acids is 1. The third-order valence-electron chi connectivity index (χ3n) is 2.07. The third-order valence-corrected chi connectivity index (χ3v) is 4.12. The highest BCUT2D eigenvalue weighted by Gasteiger charge is 2.19. The van der Waals surface area contributed by atoms with E-state index in [9.17, 15) is 9.00 Å². The van der Waals surface area contributed by atoms with Crippen LogP contribution in [0.1, 0.15) is 31.1 Å². The van der Waals surface area contributed by atoms with E-state index in [-0.39, 0.29) is 10.5 Å². The minimum absolute atomic E-state index is 0.00944. The summed E-state index contributed by atoms with van der Waals surface area (Å²) in [5.74, 6) is 0.00944. The van der Waals surface area contributed by atoms with Gasteiger partial charge < -0.3 is 4.72 Å². The average molecular weight is 318 g/mol. The minimum Gasteiger partial charge on any atom is -0.305 e. The number of hydrogen-bond acceptors (Lipinski definition) is 2. The molecule has 1 unspecified atom stereocenters. The molecule has 1 aromatic carbocycles. The van der Waals surface area contributed by atoms with E-state index in [0.29, 0.717) is 16.6 Å². The molecule has 3 nitrogen and oxygen atoms in total. The maximum atomic E-state index is 11.9. The number of alkyl halides is 1. The Kier molecular flexibility index (Phi) is 4.89. The molecule has 0 aliphatic rings. The second kappa shape index (κ2) is 5.78. The van der Waals surface area contributed by atoms with Gasteiger partial charge in [-0.05, 0) is 32.9 Å². The van der Waals surface area contributed by atoms with Crippen molar-refractivity contribution in [1.29, 1.82) is 0 Å². The van der Waals surface area contributed by atoms with Crippen LogP contribution in [0.25, 0.3) is 0 Å². The van der Waals surface area contributed by atoms with Crippen LogP contribution in [0.2, 0.25) is 0 Å². The third kappa shape index (κ3) is 4.24. The van der Waals surface area contributed by atoms with E-state index in [0.717, 1.165) is 0 Å². The highest BCUT2D eigenvalue weighted by Crippen LogP contribution is 2.17. The Bertz CT molecular complexity index is 440. The molecule has 0 aliphatic carbocycles. The van der Waals surface area contributed by atoms with Gasteiger partial charge in [0.2, 0.25) is 0 Å². The molecular formula is C12H16BrNO2S. The highest BCUT2D eigenvalue weighted by molar-refractivity contribution is 9.09. The molecule has 0 fully saturated rings. The summed E-state index contributed by atoms with van der Waals surface area (Å²) in [4.78, 5) is 11.5. The predicted octanol–water partition coefficient (Wildman–Crippen LogP) is 3.14. The predicted molar refractivity (Wildman–Crippen MR) is 76.1 cm³/mol. The lowest BCUT2D eigenvalue weighted by Gasteiger charge is -2.18. The molecule has 1 aromatic rings. The Balaban J connectivity index is 2.87. The van der Waals surface area contributed by atoms with E-state index in [2.05, 4.69) is 20.7 Å². The van der Waals surface area contributed by atoms with Gasteiger partial charge in [0.25, 0.3) is 0 Å². The lowest BCUT2D eigenvalue weighted by atomic mass is 10.1. The SMILES string of the molecule is CC(C)(C)S(=O)Nc1cccc(C(=O)CBr)c1. The molecule has 1 atom stereocenters. The van der Waals surface area contributed by atoms with Crippen LogP contribution in [-0.4, -0.2) is 20.1 Å². The summed E-state index contributed by atoms with van der Waals surface area (Å²) >= 11 is 3.13. The van der Waals surface area contributed by atoms with Crippen LogP contribution in [0.5, 0.6) is 0 Å². The molecule has 0 bridgehead atoms. The maximum absolute atomic E-state index is 11.9. The van der Waals surface area contributed by atoms with E-state index in [1.165, 1.54) is 0 Å². The first-order chi connectivity index (χ1) is 7.84. The normalized spacial score (nSPS) is 13.2. The van der Waals surface area contributed by atoms with Crippen LogP contribution < -0.4 is 4.72 Å². The van der Waals surface area contributed by atoms with Crippen LogP contribution in [0.4, 0.5) is 5.69 Å². The van der Waals surface area contributed by atoms with Crippen molar-refractivity contribution in [2.45, 2.75) is 25.5 Å². The molecule has 5 heteroatoms. The number of ketones is 1. The molecule has 17 heavy (non-hydrogen) atoms. The number of rotatable bonds is 4. The quantitative estimate of drug-likeness (QED) is 0.685. The van der Waals surface area contributed by atoms with Gasteiger partial charge in [-0.1, -0.05) is 28.1 Å². The molecule has 0 saturated carbocycles. The van der Waals surface area contributed by atoms with Gasteiger partial charge in [-0.15, -0.1) is 0 Å². The first-order valence-electron chi connectivity index (χ1n) is 5.22. The molecule has 0 spiro atoms. The van der Waals surface area contributed by atoms with Crippen LogP contribution in [0.15, 0.2) is 24.3 Å². The number of hydrogen-bond donors (Lipinski definition) is 1. The van der Waals surface area contributed by atoms with Gasteiger partial charge in [0.1, 0.15) is 11.0 Å². The van der Waals surface area contributed by atoms with Gasteiger partial charge in [0.15, 0.2) is 5.78 Å². The van der Waals surface area contributed by atoms with Crippen molar-refractivity contribution in [1.82, 2.24) is 0 Å². The van der Waals surface area contributed by atoms with Gasteiger partial charge in [0.05, 0.1) is 10.1 Å². The molecule has 0 heterocycles. The summed E-state index contributed by atoms with van der Waals surface area (Å²) in [6.07, 6.45) is 0. The summed E-state index contributed by atoms with van der Waals surface area (Å²) in [5, 5.41) is 0.290. The first-order valence-corrected chi connectivity index (χ1v) is 7.49. The number of nitrogens with one attached hydrogen (secondary N) is 1. The van der Waals surface area contributed by atoms with Crippen molar-refractivity contribution in [3.63, 3.8) is 0 Å². The monoisotopic (exact) mass is 317 g/mol. The Morgan fingerprint density at radius 1 is 1.41 bits per heavy atom. The smallest absolute Gasteiger partial charge is 0.173 e. The average Bonchev–Trinajstić information content (AvgIpc) is 2.27. The van der Waals surface area contributed by atoms with E-state index in [1.54, 1.807) is 24.3 Å². The van der Waals surface area contributed by atoms with Gasteiger partial charge in [-0.3, -0.25) is 4.79 Å². The Morgan fingerprint density at radius 3 is 2.59 bits per heavy atom. The lowest BCUT2D eigenvalue weighted by molar-refractivity contribution is 0.102. The largest absolute Gasteiger partial charge is 0.305 e. The number of Topliss-reactive ketones (excluding diaryl/α,β-unsaturated/α-hetero) is 1. The molecule has 0 radical (unpaired) electrons. The first kappa shape index (κ1) is 14.4. The topological polar surface area (TPSA) is 46.2 Å². The molecular weight excluding hydrogens is 302 g/mol. The van der Waals surface area contributed by atoms with Crippen LogP contribution in [0.3, 0.4) is 0 Å². The van der Waals surface area contributed by atoms with Gasteiger partial charge in [-0.25, -0.2) is 4.21 Å². The number of carbonyl (C=O) groups is 1. The van der Waals surface area contributed by atoms with Crippen molar-refractivity contribution in [2.24, 2.45) is 0 Å². The molecule has 0 saturated heterocycles. The number of anilines is 1. The van der Waals surface area contributed by atoms with Crippen LogP contribution in [0, 0.1) is 0 Å². The van der Waals surface area contributed by atoms with E-state index in [4.69, 9.17) is 0 Å². The molecule has 1 rings (SSSR count). The summed E-state index contributed by atoms with van der Waals surface area (Å²) in [5.41, 5.74) is 1.31. The molecule has 94 valence electrons. The lowest BCUT2D eigenvalue weighted by Crippen LogP contribution is -2.27. The summed E-state index contributed by atoms with van der Waals surface area (Å²) in [7, 11) is -1.18. The molecule has 0 amide bonds.